The zero-order valence-corrected chi connectivity index (χ0v) is 10.6. The van der Waals surface area contributed by atoms with Crippen LogP contribution in [0.3, 0.4) is 0 Å². The third kappa shape index (κ3) is 13.0. The summed E-state index contributed by atoms with van der Waals surface area (Å²) in [5.41, 5.74) is 0. The summed E-state index contributed by atoms with van der Waals surface area (Å²) in [5.74, 6) is -0.0342. The van der Waals surface area contributed by atoms with E-state index in [9.17, 15) is 9.59 Å². The van der Waals surface area contributed by atoms with Gasteiger partial charge in [0.15, 0.2) is 0 Å². The van der Waals surface area contributed by atoms with Crippen LogP contribution in [0.4, 0.5) is 0 Å². The predicted molar refractivity (Wildman–Crippen MR) is 76.5 cm³/mol. The molecule has 0 aliphatic heterocycles. The highest BCUT2D eigenvalue weighted by Gasteiger charge is 2.06. The molecule has 0 atom stereocenters. The average molecular weight is 261 g/mol. The van der Waals surface area contributed by atoms with Crippen molar-refractivity contribution >= 4 is 11.9 Å². The van der Waals surface area contributed by atoms with Crippen LogP contribution in [0.25, 0.3) is 0 Å². The van der Waals surface area contributed by atoms with Gasteiger partial charge in [0.25, 0.3) is 0 Å². The summed E-state index contributed by atoms with van der Waals surface area (Å²) in [6.45, 7) is 4.76. The van der Waals surface area contributed by atoms with Crippen molar-refractivity contribution in [2.75, 3.05) is 20.2 Å². The van der Waals surface area contributed by atoms with Crippen molar-refractivity contribution in [3.63, 3.8) is 0 Å². The van der Waals surface area contributed by atoms with Gasteiger partial charge in [0.05, 0.1) is 6.61 Å². The summed E-state index contributed by atoms with van der Waals surface area (Å²) in [6.07, 6.45) is 4.22. The number of hydrogen-bond donors (Lipinski definition) is 0. The van der Waals surface area contributed by atoms with Crippen LogP contribution in [0, 0.1) is 0 Å². The summed E-state index contributed by atoms with van der Waals surface area (Å²) in [5, 5.41) is 0. The van der Waals surface area contributed by atoms with Gasteiger partial charge in [-0.15, -0.1) is 0 Å². The molecular formula is C14H31NO3. The molecule has 0 aliphatic carbocycles. The number of carbonyl (C=O) groups is 2. The molecule has 4 nitrogen and oxygen atoms in total. The molecular weight excluding hydrogens is 230 g/mol. The van der Waals surface area contributed by atoms with Gasteiger partial charge in [-0.3, -0.25) is 9.59 Å². The molecule has 4 heteroatoms. The van der Waals surface area contributed by atoms with E-state index in [1.807, 2.05) is 7.05 Å². The van der Waals surface area contributed by atoms with Crippen LogP contribution in [0.1, 0.15) is 60.8 Å². The second-order valence-corrected chi connectivity index (χ2v) is 3.97. The van der Waals surface area contributed by atoms with Crippen molar-refractivity contribution in [1.82, 2.24) is 4.90 Å². The first kappa shape index (κ1) is 22.1. The zero-order valence-electron chi connectivity index (χ0n) is 10.6. The van der Waals surface area contributed by atoms with E-state index in [4.69, 9.17) is 4.74 Å². The van der Waals surface area contributed by atoms with Gasteiger partial charge in [-0.05, 0) is 25.7 Å². The van der Waals surface area contributed by atoms with Gasteiger partial charge in [0, 0.05) is 26.9 Å². The number of nitrogens with zero attached hydrogens (tertiary/aromatic N) is 1. The Morgan fingerprint density at radius 1 is 1.11 bits per heavy atom. The maximum Gasteiger partial charge on any atom is 0.302 e. The minimum absolute atomic E-state index is 0. The molecule has 0 spiro atoms. The van der Waals surface area contributed by atoms with E-state index >= 15 is 0 Å². The minimum Gasteiger partial charge on any atom is -0.466 e. The third-order valence-corrected chi connectivity index (χ3v) is 2.33. The van der Waals surface area contributed by atoms with E-state index in [-0.39, 0.29) is 26.7 Å². The molecule has 0 fully saturated rings. The number of carbonyl (C=O) groups excluding carboxylic acids is 2. The first-order chi connectivity index (χ1) is 7.57. The highest BCUT2D eigenvalue weighted by atomic mass is 16.5. The Morgan fingerprint density at radius 3 is 2.22 bits per heavy atom. The lowest BCUT2D eigenvalue weighted by Crippen LogP contribution is -2.26. The maximum absolute atomic E-state index is 11.5. The number of hydrogen-bond acceptors (Lipinski definition) is 3. The lowest BCUT2D eigenvalue weighted by Gasteiger charge is -2.15. The molecule has 110 valence electrons. The maximum atomic E-state index is 11.5. The van der Waals surface area contributed by atoms with Crippen LogP contribution >= 0.6 is 0 Å². The fourth-order valence-electron chi connectivity index (χ4n) is 1.42. The second kappa shape index (κ2) is 14.0. The van der Waals surface area contributed by atoms with Crippen LogP contribution in [0.15, 0.2) is 0 Å². The molecule has 18 heavy (non-hydrogen) atoms. The normalized spacial score (nSPS) is 8.83. The van der Waals surface area contributed by atoms with Crippen LogP contribution in [0.5, 0.6) is 0 Å². The zero-order chi connectivity index (χ0) is 12.4. The minimum atomic E-state index is -0.237. The highest BCUT2D eigenvalue weighted by molar-refractivity contribution is 5.75. The largest absolute Gasteiger partial charge is 0.466 e. The number of unbranched alkanes of at least 4 members (excludes halogenated alkanes) is 2. The molecule has 0 saturated carbocycles. The molecule has 0 saturated heterocycles. The van der Waals surface area contributed by atoms with Gasteiger partial charge in [0.2, 0.25) is 5.91 Å². The fourth-order valence-corrected chi connectivity index (χ4v) is 1.42. The monoisotopic (exact) mass is 261 g/mol. The summed E-state index contributed by atoms with van der Waals surface area (Å²) < 4.78 is 4.80. The number of ether oxygens (including phenoxy) is 1. The van der Waals surface area contributed by atoms with Crippen LogP contribution < -0.4 is 0 Å². The molecule has 0 heterocycles. The Morgan fingerprint density at radius 2 is 1.72 bits per heavy atom. The molecule has 0 aromatic carbocycles. The summed E-state index contributed by atoms with van der Waals surface area (Å²) in [4.78, 5) is 23.7. The van der Waals surface area contributed by atoms with Crippen molar-refractivity contribution in [2.24, 2.45) is 0 Å². The lowest BCUT2D eigenvalue weighted by molar-refractivity contribution is -0.141. The van der Waals surface area contributed by atoms with Crippen LogP contribution in [-0.4, -0.2) is 37.0 Å². The average Bonchev–Trinajstić information content (AvgIpc) is 2.22. The molecule has 0 bridgehead atoms. The molecule has 1 amide bonds. The molecule has 0 unspecified atom stereocenters. The van der Waals surface area contributed by atoms with Crippen molar-refractivity contribution in [3.8, 4) is 0 Å². The molecule has 0 aliphatic rings. The second-order valence-electron chi connectivity index (χ2n) is 3.97. The summed E-state index contributed by atoms with van der Waals surface area (Å²) in [6, 6.07) is 0. The van der Waals surface area contributed by atoms with Gasteiger partial charge in [-0.2, -0.15) is 0 Å². The summed E-state index contributed by atoms with van der Waals surface area (Å²) >= 11 is 0. The van der Waals surface area contributed by atoms with E-state index in [2.05, 4.69) is 6.92 Å². The third-order valence-electron chi connectivity index (χ3n) is 2.33. The van der Waals surface area contributed by atoms with Crippen molar-refractivity contribution in [2.45, 2.75) is 60.8 Å². The fraction of sp³-hybridized carbons (Fsp3) is 0.857. The van der Waals surface area contributed by atoms with Crippen molar-refractivity contribution < 1.29 is 14.3 Å². The van der Waals surface area contributed by atoms with Gasteiger partial charge in [0.1, 0.15) is 0 Å². The first-order valence-corrected chi connectivity index (χ1v) is 5.95. The Hall–Kier alpha value is -1.06. The smallest absolute Gasteiger partial charge is 0.302 e. The highest BCUT2D eigenvalue weighted by Crippen LogP contribution is 2.03. The lowest BCUT2D eigenvalue weighted by atomic mass is 10.2. The van der Waals surface area contributed by atoms with Crippen LogP contribution in [-0.2, 0) is 14.3 Å². The van der Waals surface area contributed by atoms with E-state index in [0.29, 0.717) is 13.0 Å². The quantitative estimate of drug-likeness (QED) is 0.498. The van der Waals surface area contributed by atoms with E-state index in [1.54, 1.807) is 4.90 Å². The summed E-state index contributed by atoms with van der Waals surface area (Å²) in [7, 11) is 1.84. The Bertz CT molecular complexity index is 217. The molecule has 0 rings (SSSR count). The van der Waals surface area contributed by atoms with Gasteiger partial charge in [-0.1, -0.05) is 21.8 Å². The SMILES string of the molecule is C.C.CCCN(C)C(=O)CCCCCOC(C)=O. The Balaban J connectivity index is -0.00000112. The molecule has 0 radical (unpaired) electrons. The van der Waals surface area contributed by atoms with E-state index in [0.717, 1.165) is 32.2 Å². The number of esters is 1. The molecule has 0 aromatic rings. The van der Waals surface area contributed by atoms with Crippen LogP contribution in [0.2, 0.25) is 0 Å². The molecule has 0 N–H and O–H groups in total. The Kier molecular flexibility index (Phi) is 17.2. The van der Waals surface area contributed by atoms with E-state index < -0.39 is 0 Å². The van der Waals surface area contributed by atoms with Crippen molar-refractivity contribution in [3.05, 3.63) is 0 Å². The number of rotatable bonds is 8. The topological polar surface area (TPSA) is 46.6 Å². The standard InChI is InChI=1S/C12H23NO3.2CH4/c1-4-9-13(3)12(15)8-6-5-7-10-16-11(2)14;;/h4-10H2,1-3H3;2*1H4. The van der Waals surface area contributed by atoms with E-state index in [1.165, 1.54) is 6.92 Å². The number of amides is 1. The predicted octanol–water partition coefficient (Wildman–Crippen LogP) is 3.25. The van der Waals surface area contributed by atoms with Gasteiger partial charge < -0.3 is 9.64 Å². The van der Waals surface area contributed by atoms with Crippen molar-refractivity contribution in [1.29, 1.82) is 0 Å². The van der Waals surface area contributed by atoms with Gasteiger partial charge in [-0.25, -0.2) is 0 Å². The first-order valence-electron chi connectivity index (χ1n) is 5.95. The molecule has 0 aromatic heterocycles. The van der Waals surface area contributed by atoms with Gasteiger partial charge >= 0.3 is 5.97 Å². The Labute approximate surface area is 113 Å².